The summed E-state index contributed by atoms with van der Waals surface area (Å²) < 4.78 is 15.3. The number of carbonyl (C=O) groups is 4. The lowest BCUT2D eigenvalue weighted by Crippen LogP contribution is -2.53. The van der Waals surface area contributed by atoms with Crippen LogP contribution in [0.25, 0.3) is 10.8 Å². The Morgan fingerprint density at radius 2 is 1.97 bits per heavy atom. The number of halogens is 1. The summed E-state index contributed by atoms with van der Waals surface area (Å²) in [6.45, 7) is 2.36. The van der Waals surface area contributed by atoms with E-state index in [9.17, 15) is 19.2 Å². The van der Waals surface area contributed by atoms with E-state index in [1.807, 2.05) is 29.2 Å². The number of hydrogen-bond acceptors (Lipinski definition) is 5. The first-order chi connectivity index (χ1) is 16.2. The molecule has 0 aromatic heterocycles. The normalized spacial score (nSPS) is 22.8. The van der Waals surface area contributed by atoms with Gasteiger partial charge in [0.25, 0.3) is 5.91 Å². The van der Waals surface area contributed by atoms with Crippen molar-refractivity contribution in [3.05, 3.63) is 35.9 Å². The summed E-state index contributed by atoms with van der Waals surface area (Å²) in [5.74, 6) is -2.83. The zero-order valence-electron chi connectivity index (χ0n) is 18.8. The molecular formula is C25H26FN3O5. The maximum atomic E-state index is 15.3. The van der Waals surface area contributed by atoms with Gasteiger partial charge in [0.1, 0.15) is 11.7 Å². The third kappa shape index (κ3) is 3.69. The highest BCUT2D eigenvalue weighted by molar-refractivity contribution is 6.27. The largest absolute Gasteiger partial charge is 0.481 e. The molecule has 3 aliphatic rings. The molecule has 0 spiro atoms. The molecule has 3 amide bonds. The SMILES string of the molecule is CC(CC1(F)CCN(c2cc3c4c(cccc4c2)N(C2CCC(=O)NC2=O)C3=O)CC1)C(=O)O. The van der Waals surface area contributed by atoms with Gasteiger partial charge in [0.2, 0.25) is 11.8 Å². The molecule has 5 rings (SSSR count). The van der Waals surface area contributed by atoms with Gasteiger partial charge in [-0.2, -0.15) is 0 Å². The first kappa shape index (κ1) is 22.3. The van der Waals surface area contributed by atoms with Crippen LogP contribution in [0.5, 0.6) is 0 Å². The molecule has 2 N–H and O–H groups in total. The van der Waals surface area contributed by atoms with Crippen molar-refractivity contribution in [2.75, 3.05) is 22.9 Å². The Kier molecular flexibility index (Phi) is 5.30. The second-order valence-corrected chi connectivity index (χ2v) is 9.59. The average Bonchev–Trinajstić information content (AvgIpc) is 3.07. The molecule has 2 aromatic rings. The molecule has 34 heavy (non-hydrogen) atoms. The fraction of sp³-hybridized carbons (Fsp3) is 0.440. The van der Waals surface area contributed by atoms with Gasteiger partial charge in [-0.25, -0.2) is 4.39 Å². The number of carboxylic acids is 1. The molecule has 2 saturated heterocycles. The number of nitrogens with zero attached hydrogens (tertiary/aromatic N) is 2. The third-order valence-electron chi connectivity index (χ3n) is 7.29. The molecule has 2 aromatic carbocycles. The van der Waals surface area contributed by atoms with Crippen LogP contribution in [0.1, 0.15) is 49.4 Å². The molecule has 2 unspecified atom stereocenters. The number of imide groups is 1. The van der Waals surface area contributed by atoms with E-state index in [0.29, 0.717) is 24.3 Å². The molecule has 8 nitrogen and oxygen atoms in total. The van der Waals surface area contributed by atoms with E-state index >= 15 is 4.39 Å². The van der Waals surface area contributed by atoms with Crippen molar-refractivity contribution in [2.24, 2.45) is 5.92 Å². The summed E-state index contributed by atoms with van der Waals surface area (Å²) in [6, 6.07) is 8.57. The van der Waals surface area contributed by atoms with Crippen LogP contribution >= 0.6 is 0 Å². The highest BCUT2D eigenvalue weighted by atomic mass is 19.1. The monoisotopic (exact) mass is 467 g/mol. The van der Waals surface area contributed by atoms with Crippen LogP contribution in [0.15, 0.2) is 30.3 Å². The van der Waals surface area contributed by atoms with E-state index < -0.39 is 29.5 Å². The van der Waals surface area contributed by atoms with Crippen LogP contribution in [0.2, 0.25) is 0 Å². The van der Waals surface area contributed by atoms with Gasteiger partial charge >= 0.3 is 5.97 Å². The van der Waals surface area contributed by atoms with Crippen molar-refractivity contribution in [1.82, 2.24) is 5.32 Å². The van der Waals surface area contributed by atoms with Gasteiger partial charge in [0, 0.05) is 30.6 Å². The van der Waals surface area contributed by atoms with Crippen LogP contribution in [0, 0.1) is 5.92 Å². The fourth-order valence-corrected chi connectivity index (χ4v) is 5.43. The van der Waals surface area contributed by atoms with Crippen molar-refractivity contribution in [2.45, 2.75) is 50.7 Å². The molecule has 2 atom stereocenters. The predicted molar refractivity (Wildman–Crippen MR) is 124 cm³/mol. The number of rotatable bonds is 5. The number of carboxylic acid groups (broad SMARTS) is 1. The molecule has 3 aliphatic heterocycles. The van der Waals surface area contributed by atoms with E-state index in [-0.39, 0.29) is 43.9 Å². The molecule has 9 heteroatoms. The summed E-state index contributed by atoms with van der Waals surface area (Å²) >= 11 is 0. The van der Waals surface area contributed by atoms with Crippen molar-refractivity contribution >= 4 is 45.8 Å². The minimum Gasteiger partial charge on any atom is -0.481 e. The standard InChI is InChI=1S/C25H26FN3O5/c1-14(24(33)34)13-25(26)7-9-28(10-8-25)16-11-15-3-2-4-18-21(15)17(12-16)23(32)29(18)19-5-6-20(30)27-22(19)31/h2-4,11-12,14,19H,5-10,13H2,1H3,(H,33,34)(H,27,30,31). The molecular weight excluding hydrogens is 441 g/mol. The number of benzene rings is 2. The van der Waals surface area contributed by atoms with Gasteiger partial charge < -0.3 is 10.0 Å². The zero-order chi connectivity index (χ0) is 24.2. The number of nitrogens with one attached hydrogen (secondary N) is 1. The Hall–Kier alpha value is -3.49. The quantitative estimate of drug-likeness (QED) is 0.655. The molecule has 0 bridgehead atoms. The number of aliphatic carboxylic acids is 1. The Labute approximate surface area is 195 Å². The van der Waals surface area contributed by atoms with E-state index in [1.54, 1.807) is 6.07 Å². The summed E-state index contributed by atoms with van der Waals surface area (Å²) in [4.78, 5) is 52.2. The number of piperidine rings is 2. The fourth-order valence-electron chi connectivity index (χ4n) is 5.43. The van der Waals surface area contributed by atoms with E-state index in [1.165, 1.54) is 11.8 Å². The molecule has 0 radical (unpaired) electrons. The van der Waals surface area contributed by atoms with E-state index in [0.717, 1.165) is 16.5 Å². The van der Waals surface area contributed by atoms with Crippen LogP contribution in [-0.4, -0.2) is 53.6 Å². The molecule has 0 saturated carbocycles. The Morgan fingerprint density at radius 1 is 1.24 bits per heavy atom. The number of alkyl halides is 1. The van der Waals surface area contributed by atoms with Crippen LogP contribution in [-0.2, 0) is 14.4 Å². The van der Waals surface area contributed by atoms with Crippen molar-refractivity contribution in [1.29, 1.82) is 0 Å². The lowest BCUT2D eigenvalue weighted by atomic mass is 9.84. The number of carbonyl (C=O) groups excluding carboxylic acids is 3. The van der Waals surface area contributed by atoms with E-state index in [4.69, 9.17) is 5.11 Å². The number of amides is 3. The molecule has 0 aliphatic carbocycles. The van der Waals surface area contributed by atoms with Crippen LogP contribution in [0.3, 0.4) is 0 Å². The van der Waals surface area contributed by atoms with Gasteiger partial charge in [-0.15, -0.1) is 0 Å². The van der Waals surface area contributed by atoms with E-state index in [2.05, 4.69) is 5.32 Å². The lowest BCUT2D eigenvalue weighted by molar-refractivity contribution is -0.142. The highest BCUT2D eigenvalue weighted by Gasteiger charge is 2.42. The predicted octanol–water partition coefficient (Wildman–Crippen LogP) is 3.02. The second-order valence-electron chi connectivity index (χ2n) is 9.59. The van der Waals surface area contributed by atoms with Gasteiger partial charge in [-0.1, -0.05) is 19.1 Å². The minimum atomic E-state index is -1.52. The minimum absolute atomic E-state index is 0.0120. The highest BCUT2D eigenvalue weighted by Crippen LogP contribution is 2.43. The topological polar surface area (TPSA) is 107 Å². The smallest absolute Gasteiger partial charge is 0.306 e. The van der Waals surface area contributed by atoms with Gasteiger partial charge in [-0.3, -0.25) is 29.4 Å². The maximum absolute atomic E-state index is 15.3. The van der Waals surface area contributed by atoms with Crippen molar-refractivity contribution in [3.8, 4) is 0 Å². The summed E-state index contributed by atoms with van der Waals surface area (Å²) in [5.41, 5.74) is 0.423. The van der Waals surface area contributed by atoms with Gasteiger partial charge in [0.05, 0.1) is 17.2 Å². The lowest BCUT2D eigenvalue weighted by Gasteiger charge is -2.38. The number of hydrogen-bond donors (Lipinski definition) is 2. The third-order valence-corrected chi connectivity index (χ3v) is 7.29. The Balaban J connectivity index is 1.41. The molecule has 3 heterocycles. The van der Waals surface area contributed by atoms with Crippen molar-refractivity contribution < 1.29 is 28.7 Å². The first-order valence-electron chi connectivity index (χ1n) is 11.6. The van der Waals surface area contributed by atoms with Crippen molar-refractivity contribution in [3.63, 3.8) is 0 Å². The maximum Gasteiger partial charge on any atom is 0.306 e. The summed E-state index contributed by atoms with van der Waals surface area (Å²) in [7, 11) is 0. The summed E-state index contributed by atoms with van der Waals surface area (Å²) in [5, 5.41) is 13.1. The number of anilines is 2. The molecule has 2 fully saturated rings. The van der Waals surface area contributed by atoms with Crippen LogP contribution < -0.4 is 15.1 Å². The molecule has 178 valence electrons. The van der Waals surface area contributed by atoms with Gasteiger partial charge in [0.15, 0.2) is 0 Å². The summed E-state index contributed by atoms with van der Waals surface area (Å²) in [6.07, 6.45) is 0.870. The Bertz CT molecular complexity index is 1220. The second kappa shape index (κ2) is 8.07. The first-order valence-corrected chi connectivity index (χ1v) is 11.6. The zero-order valence-corrected chi connectivity index (χ0v) is 18.8. The van der Waals surface area contributed by atoms with Crippen LogP contribution in [0.4, 0.5) is 15.8 Å². The van der Waals surface area contributed by atoms with Gasteiger partial charge in [-0.05, 0) is 49.3 Å². The Morgan fingerprint density at radius 3 is 2.65 bits per heavy atom. The average molecular weight is 467 g/mol.